The zero-order chi connectivity index (χ0) is 23.0. The molecule has 0 aliphatic carbocycles. The van der Waals surface area contributed by atoms with E-state index in [1.807, 2.05) is 0 Å². The average Bonchev–Trinajstić information content (AvgIpc) is 2.70. The number of ether oxygens (including phenoxy) is 1. The number of rotatable bonds is 10. The highest BCUT2D eigenvalue weighted by Crippen LogP contribution is 2.34. The smallest absolute Gasteiger partial charge is 0.257 e. The predicted molar refractivity (Wildman–Crippen MR) is 122 cm³/mol. The van der Waals surface area contributed by atoms with Gasteiger partial charge >= 0.3 is 0 Å². The Bertz CT molecular complexity index is 918. The van der Waals surface area contributed by atoms with Crippen LogP contribution >= 0.6 is 11.6 Å². The molecule has 0 aliphatic rings. The van der Waals surface area contributed by atoms with Crippen molar-refractivity contribution in [3.05, 3.63) is 46.6 Å². The summed E-state index contributed by atoms with van der Waals surface area (Å²) < 4.78 is 6.06. The van der Waals surface area contributed by atoms with Crippen molar-refractivity contribution in [2.75, 3.05) is 25.5 Å². The first-order valence-corrected chi connectivity index (χ1v) is 10.7. The van der Waals surface area contributed by atoms with Crippen LogP contribution in [-0.2, 0) is 11.2 Å². The maximum Gasteiger partial charge on any atom is 0.257 e. The number of anilines is 1. The number of aromatic nitrogens is 1. The number of aliphatic hydroxyl groups is 1. The normalized spacial score (nSPS) is 10.8. The molecule has 0 radical (unpaired) electrons. The van der Waals surface area contributed by atoms with Gasteiger partial charge in [0.25, 0.3) is 5.91 Å². The van der Waals surface area contributed by atoms with Crippen LogP contribution in [0.15, 0.2) is 30.5 Å². The number of amides is 2. The second-order valence-electron chi connectivity index (χ2n) is 7.80. The Morgan fingerprint density at radius 2 is 2.06 bits per heavy atom. The fourth-order valence-corrected chi connectivity index (χ4v) is 3.23. The molecule has 2 amide bonds. The Morgan fingerprint density at radius 1 is 1.32 bits per heavy atom. The number of aliphatic hydroxyl groups excluding tert-OH is 1. The third-order valence-corrected chi connectivity index (χ3v) is 4.88. The Hall–Kier alpha value is -2.64. The second-order valence-corrected chi connectivity index (χ2v) is 8.24. The molecular weight excluding hydrogens is 418 g/mol. The van der Waals surface area contributed by atoms with Gasteiger partial charge in [-0.3, -0.25) is 9.59 Å². The van der Waals surface area contributed by atoms with Crippen LogP contribution in [0.2, 0.25) is 5.02 Å². The Kier molecular flexibility index (Phi) is 9.27. The van der Waals surface area contributed by atoms with Crippen molar-refractivity contribution in [1.82, 2.24) is 9.88 Å². The van der Waals surface area contributed by atoms with E-state index in [1.54, 1.807) is 31.3 Å². The summed E-state index contributed by atoms with van der Waals surface area (Å²) in [6.45, 7) is 5.92. The summed E-state index contributed by atoms with van der Waals surface area (Å²) in [5, 5.41) is 12.3. The van der Waals surface area contributed by atoms with Crippen LogP contribution in [-0.4, -0.2) is 47.0 Å². The van der Waals surface area contributed by atoms with Crippen molar-refractivity contribution in [3.63, 3.8) is 0 Å². The van der Waals surface area contributed by atoms with Crippen LogP contribution in [0.3, 0.4) is 0 Å². The molecule has 0 saturated carbocycles. The first-order chi connectivity index (χ1) is 14.7. The fourth-order valence-electron chi connectivity index (χ4n) is 3.05. The molecule has 0 atom stereocenters. The van der Waals surface area contributed by atoms with Crippen LogP contribution in [0.4, 0.5) is 5.82 Å². The lowest BCUT2D eigenvalue weighted by molar-refractivity contribution is -0.114. The number of hydrogen-bond acceptors (Lipinski definition) is 5. The zero-order valence-electron chi connectivity index (χ0n) is 18.4. The first kappa shape index (κ1) is 24.6. The lowest BCUT2D eigenvalue weighted by atomic mass is 9.97. The molecule has 168 valence electrons. The molecule has 1 heterocycles. The topological polar surface area (TPSA) is 91.8 Å². The van der Waals surface area contributed by atoms with Gasteiger partial charge in [-0.1, -0.05) is 31.5 Å². The third-order valence-electron chi connectivity index (χ3n) is 4.65. The van der Waals surface area contributed by atoms with Crippen LogP contribution in [0.5, 0.6) is 11.5 Å². The Labute approximate surface area is 188 Å². The molecule has 7 nitrogen and oxygen atoms in total. The zero-order valence-corrected chi connectivity index (χ0v) is 19.2. The van der Waals surface area contributed by atoms with Gasteiger partial charge in [0.05, 0.1) is 11.8 Å². The summed E-state index contributed by atoms with van der Waals surface area (Å²) in [5.74, 6) is 0.949. The summed E-state index contributed by atoms with van der Waals surface area (Å²) in [4.78, 5) is 31.0. The van der Waals surface area contributed by atoms with E-state index in [4.69, 9.17) is 21.4 Å². The molecule has 2 aromatic rings. The number of carbonyl (C=O) groups is 2. The van der Waals surface area contributed by atoms with Gasteiger partial charge in [-0.2, -0.15) is 0 Å². The number of pyridine rings is 1. The molecule has 0 fully saturated rings. The molecule has 2 rings (SSSR count). The number of halogens is 1. The minimum Gasteiger partial charge on any atom is -0.455 e. The third kappa shape index (κ3) is 7.22. The standard InChI is InChI=1S/C23H30ClN3O4/c1-15(2)9-10-19-20(31-18-8-5-7-17(24)13-18)14-25-22(26-16(3)29)21(19)23(30)27(4)11-6-12-28/h5,7-8,13-15,28H,6,9-12H2,1-4H3,(H,25,26,29). The van der Waals surface area contributed by atoms with Crippen LogP contribution in [0.1, 0.15) is 49.5 Å². The van der Waals surface area contributed by atoms with Gasteiger partial charge in [0, 0.05) is 37.7 Å². The summed E-state index contributed by atoms with van der Waals surface area (Å²) in [6.07, 6.45) is 3.35. The molecule has 0 bridgehead atoms. The highest BCUT2D eigenvalue weighted by atomic mass is 35.5. The molecule has 1 aromatic heterocycles. The van der Waals surface area contributed by atoms with E-state index in [0.29, 0.717) is 53.0 Å². The van der Waals surface area contributed by atoms with E-state index in [-0.39, 0.29) is 24.2 Å². The Morgan fingerprint density at radius 3 is 2.68 bits per heavy atom. The van der Waals surface area contributed by atoms with Crippen molar-refractivity contribution < 1.29 is 19.4 Å². The highest BCUT2D eigenvalue weighted by molar-refractivity contribution is 6.30. The largest absolute Gasteiger partial charge is 0.455 e. The van der Waals surface area contributed by atoms with E-state index in [9.17, 15) is 9.59 Å². The summed E-state index contributed by atoms with van der Waals surface area (Å²) in [7, 11) is 1.66. The molecule has 31 heavy (non-hydrogen) atoms. The van der Waals surface area contributed by atoms with E-state index >= 15 is 0 Å². The summed E-state index contributed by atoms with van der Waals surface area (Å²) >= 11 is 6.08. The van der Waals surface area contributed by atoms with Crippen molar-refractivity contribution in [3.8, 4) is 11.5 Å². The van der Waals surface area contributed by atoms with Crippen LogP contribution in [0.25, 0.3) is 0 Å². The lowest BCUT2D eigenvalue weighted by Gasteiger charge is -2.23. The van der Waals surface area contributed by atoms with E-state index in [1.165, 1.54) is 18.0 Å². The van der Waals surface area contributed by atoms with E-state index in [2.05, 4.69) is 24.1 Å². The minimum atomic E-state index is -0.321. The molecule has 0 unspecified atom stereocenters. The number of nitrogens with zero attached hydrogens (tertiary/aromatic N) is 2. The SMILES string of the molecule is CC(=O)Nc1ncc(Oc2cccc(Cl)c2)c(CCC(C)C)c1C(=O)N(C)CCCO. The molecule has 0 saturated heterocycles. The first-order valence-electron chi connectivity index (χ1n) is 10.3. The van der Waals surface area contributed by atoms with E-state index in [0.717, 1.165) is 6.42 Å². The molecule has 0 aliphatic heterocycles. The van der Waals surface area contributed by atoms with E-state index < -0.39 is 0 Å². The van der Waals surface area contributed by atoms with Gasteiger partial charge in [-0.25, -0.2) is 4.98 Å². The van der Waals surface area contributed by atoms with Crippen molar-refractivity contribution >= 4 is 29.2 Å². The number of nitrogens with one attached hydrogen (secondary N) is 1. The lowest BCUT2D eigenvalue weighted by Crippen LogP contribution is -2.30. The molecule has 1 aromatic carbocycles. The van der Waals surface area contributed by atoms with Crippen LogP contribution < -0.4 is 10.1 Å². The number of hydrogen-bond donors (Lipinski definition) is 2. The number of carbonyl (C=O) groups excluding carboxylic acids is 2. The van der Waals surface area contributed by atoms with Crippen molar-refractivity contribution in [1.29, 1.82) is 0 Å². The van der Waals surface area contributed by atoms with Crippen molar-refractivity contribution in [2.24, 2.45) is 5.92 Å². The predicted octanol–water partition coefficient (Wildman–Crippen LogP) is 4.53. The minimum absolute atomic E-state index is 0.0213. The van der Waals surface area contributed by atoms with Gasteiger partial charge in [0.1, 0.15) is 17.3 Å². The van der Waals surface area contributed by atoms with Gasteiger partial charge in [-0.15, -0.1) is 0 Å². The molecule has 8 heteroatoms. The second kappa shape index (κ2) is 11.7. The van der Waals surface area contributed by atoms with Gasteiger partial charge < -0.3 is 20.1 Å². The fraction of sp³-hybridized carbons (Fsp3) is 0.435. The summed E-state index contributed by atoms with van der Waals surface area (Å²) in [5.41, 5.74) is 0.976. The maximum atomic E-state index is 13.4. The average molecular weight is 448 g/mol. The monoisotopic (exact) mass is 447 g/mol. The van der Waals surface area contributed by atoms with Crippen molar-refractivity contribution in [2.45, 2.75) is 40.0 Å². The van der Waals surface area contributed by atoms with Gasteiger partial charge in [-0.05, 0) is 43.4 Å². The molecule has 2 N–H and O–H groups in total. The van der Waals surface area contributed by atoms with Gasteiger partial charge in [0.15, 0.2) is 0 Å². The quantitative estimate of drug-likeness (QED) is 0.558. The van der Waals surface area contributed by atoms with Gasteiger partial charge in [0.2, 0.25) is 5.91 Å². The number of benzene rings is 1. The molecular formula is C23H30ClN3O4. The maximum absolute atomic E-state index is 13.4. The highest BCUT2D eigenvalue weighted by Gasteiger charge is 2.25. The van der Waals surface area contributed by atoms with Crippen LogP contribution in [0, 0.1) is 5.92 Å². The summed E-state index contributed by atoms with van der Waals surface area (Å²) in [6, 6.07) is 6.98. The Balaban J connectivity index is 2.58. The molecule has 0 spiro atoms.